The van der Waals surface area contributed by atoms with E-state index in [1.54, 1.807) is 6.08 Å². The van der Waals surface area contributed by atoms with E-state index in [4.69, 9.17) is 4.74 Å². The predicted octanol–water partition coefficient (Wildman–Crippen LogP) is 2.33. The van der Waals surface area contributed by atoms with Gasteiger partial charge in [-0.2, -0.15) is 0 Å². The summed E-state index contributed by atoms with van der Waals surface area (Å²) in [6, 6.07) is 3.19. The van der Waals surface area contributed by atoms with Crippen LogP contribution in [0.4, 0.5) is 11.4 Å². The number of carbonyl (C=O) groups is 1. The van der Waals surface area contributed by atoms with Crippen LogP contribution in [0.3, 0.4) is 0 Å². The summed E-state index contributed by atoms with van der Waals surface area (Å²) in [6.45, 7) is 0.915. The van der Waals surface area contributed by atoms with Crippen molar-refractivity contribution in [2.45, 2.75) is 49.5 Å². The molecule has 4 atom stereocenters. The Bertz CT molecular complexity index is 1050. The van der Waals surface area contributed by atoms with Crippen molar-refractivity contribution >= 4 is 17.3 Å². The van der Waals surface area contributed by atoms with E-state index in [2.05, 4.69) is 4.90 Å². The highest BCUT2D eigenvalue weighted by Crippen LogP contribution is 2.54. The van der Waals surface area contributed by atoms with E-state index < -0.39 is 38.9 Å². The number of nitro groups is 2. The second kappa shape index (κ2) is 6.44. The number of nitrogens with zero attached hydrogens (tertiary/aromatic N) is 3. The summed E-state index contributed by atoms with van der Waals surface area (Å²) in [4.78, 5) is 36.2. The van der Waals surface area contributed by atoms with Gasteiger partial charge in [-0.15, -0.1) is 0 Å². The van der Waals surface area contributed by atoms with Crippen molar-refractivity contribution in [2.75, 3.05) is 6.54 Å². The molecule has 0 radical (unpaired) electrons. The first-order valence-corrected chi connectivity index (χ1v) is 9.86. The van der Waals surface area contributed by atoms with Crippen LogP contribution < -0.4 is 0 Å². The normalized spacial score (nSPS) is 30.6. The molecule has 0 aromatic heterocycles. The zero-order valence-electron chi connectivity index (χ0n) is 15.9. The molecule has 0 saturated carbocycles. The van der Waals surface area contributed by atoms with Crippen LogP contribution >= 0.6 is 0 Å². The third-order valence-electron chi connectivity index (χ3n) is 6.74. The van der Waals surface area contributed by atoms with E-state index >= 15 is 0 Å². The van der Waals surface area contributed by atoms with Gasteiger partial charge in [0.05, 0.1) is 33.1 Å². The second-order valence-corrected chi connectivity index (χ2v) is 8.15. The van der Waals surface area contributed by atoms with E-state index in [1.165, 1.54) is 0 Å². The van der Waals surface area contributed by atoms with Crippen molar-refractivity contribution in [1.82, 2.24) is 4.90 Å². The molecule has 2 bridgehead atoms. The maximum absolute atomic E-state index is 12.9. The Kier molecular flexibility index (Phi) is 4.06. The first-order chi connectivity index (χ1) is 14.3. The third-order valence-corrected chi connectivity index (χ3v) is 6.74. The van der Waals surface area contributed by atoms with Crippen LogP contribution in [0, 0.1) is 20.2 Å². The topological polar surface area (TPSA) is 136 Å². The van der Waals surface area contributed by atoms with Gasteiger partial charge < -0.3 is 9.84 Å². The van der Waals surface area contributed by atoms with Crippen LogP contribution in [0.2, 0.25) is 0 Å². The van der Waals surface area contributed by atoms with Crippen LogP contribution in [-0.4, -0.2) is 50.1 Å². The van der Waals surface area contributed by atoms with Gasteiger partial charge in [-0.25, -0.2) is 4.79 Å². The van der Waals surface area contributed by atoms with E-state index in [-0.39, 0.29) is 23.2 Å². The average Bonchev–Trinajstić information content (AvgIpc) is 3.17. The van der Waals surface area contributed by atoms with E-state index in [9.17, 15) is 30.1 Å². The number of aliphatic hydroxyl groups is 1. The quantitative estimate of drug-likeness (QED) is 0.451. The zero-order valence-corrected chi connectivity index (χ0v) is 15.9. The van der Waals surface area contributed by atoms with Crippen LogP contribution in [0.1, 0.15) is 37.4 Å². The lowest BCUT2D eigenvalue weighted by atomic mass is 9.78. The van der Waals surface area contributed by atoms with E-state index in [1.807, 2.05) is 6.08 Å². The number of esters is 1. The van der Waals surface area contributed by atoms with Crippen LogP contribution in [-0.2, 0) is 9.53 Å². The molecule has 4 aliphatic rings. The summed E-state index contributed by atoms with van der Waals surface area (Å²) in [5.74, 6) is -0.692. The fourth-order valence-corrected chi connectivity index (χ4v) is 5.49. The van der Waals surface area contributed by atoms with E-state index in [0.717, 1.165) is 44.0 Å². The molecule has 10 nitrogen and oxygen atoms in total. The van der Waals surface area contributed by atoms with Gasteiger partial charge in [0, 0.05) is 24.1 Å². The molecule has 1 aromatic rings. The minimum atomic E-state index is -1.62. The Balaban J connectivity index is 1.62. The molecular weight excluding hydrogens is 394 g/mol. The first-order valence-electron chi connectivity index (χ1n) is 9.86. The average molecular weight is 413 g/mol. The van der Waals surface area contributed by atoms with Crippen molar-refractivity contribution in [2.24, 2.45) is 0 Å². The molecule has 2 fully saturated rings. The molecule has 1 aromatic carbocycles. The lowest BCUT2D eigenvalue weighted by molar-refractivity contribution is -0.394. The molecule has 2 saturated heterocycles. The molecule has 30 heavy (non-hydrogen) atoms. The smallest absolute Gasteiger partial charge is 0.338 e. The van der Waals surface area contributed by atoms with Gasteiger partial charge in [-0.3, -0.25) is 25.1 Å². The maximum Gasteiger partial charge on any atom is 0.338 e. The number of hydrogen-bond donors (Lipinski definition) is 1. The SMILES string of the molecule is O=C1O[C@@]23C[C@@H](C=CC2=C1C(O)c1ccc([N+](=O)[O-])cc1[N+](=O)[O-])N1CCCC[C@H]13. The van der Waals surface area contributed by atoms with Crippen molar-refractivity contribution < 1.29 is 24.5 Å². The van der Waals surface area contributed by atoms with Gasteiger partial charge in [-0.1, -0.05) is 18.6 Å². The third kappa shape index (κ3) is 2.47. The minimum absolute atomic E-state index is 0.0155. The summed E-state index contributed by atoms with van der Waals surface area (Å²) in [6.07, 6.45) is 5.75. The summed E-state index contributed by atoms with van der Waals surface area (Å²) in [7, 11) is 0. The molecule has 156 valence electrons. The highest BCUT2D eigenvalue weighted by Gasteiger charge is 2.62. The Labute approximate surface area is 170 Å². The Morgan fingerprint density at radius 1 is 1.23 bits per heavy atom. The summed E-state index contributed by atoms with van der Waals surface area (Å²) in [5.41, 5.74) is -1.54. The number of hydrogen-bond acceptors (Lipinski definition) is 8. The largest absolute Gasteiger partial charge is 0.449 e. The maximum atomic E-state index is 12.9. The van der Waals surface area contributed by atoms with Gasteiger partial charge in [0.25, 0.3) is 11.4 Å². The monoisotopic (exact) mass is 413 g/mol. The van der Waals surface area contributed by atoms with Crippen LogP contribution in [0.25, 0.3) is 0 Å². The fraction of sp³-hybridized carbons (Fsp3) is 0.450. The second-order valence-electron chi connectivity index (χ2n) is 8.15. The fourth-order valence-electron chi connectivity index (χ4n) is 5.49. The van der Waals surface area contributed by atoms with Crippen molar-refractivity contribution in [1.29, 1.82) is 0 Å². The number of aliphatic hydroxyl groups excluding tert-OH is 1. The Morgan fingerprint density at radius 3 is 2.77 bits per heavy atom. The molecule has 3 heterocycles. The molecule has 5 rings (SSSR count). The minimum Gasteiger partial charge on any atom is -0.449 e. The van der Waals surface area contributed by atoms with Gasteiger partial charge >= 0.3 is 5.97 Å². The van der Waals surface area contributed by atoms with Gasteiger partial charge in [0.1, 0.15) is 6.10 Å². The lowest BCUT2D eigenvalue weighted by Gasteiger charge is -2.37. The molecular formula is C20H19N3O7. The number of rotatable bonds is 4. The molecule has 1 N–H and O–H groups in total. The number of piperidine rings is 1. The summed E-state index contributed by atoms with van der Waals surface area (Å²) in [5, 5.41) is 33.5. The highest BCUT2D eigenvalue weighted by molar-refractivity contribution is 5.96. The number of non-ortho nitro benzene ring substituents is 1. The number of nitro benzene ring substituents is 2. The molecule has 1 aliphatic carbocycles. The summed E-state index contributed by atoms with van der Waals surface area (Å²) >= 11 is 0. The first kappa shape index (κ1) is 18.9. The standard InChI is InChI=1S/C20H19N3O7/c24-18(13-6-4-11(22(26)27)9-15(13)23(28)29)17-14-7-5-12-10-20(14,30-19(17)25)16-3-1-2-8-21(12)16/h4-7,9,12,16,18,24H,1-3,8,10H2/t12-,16+,18?,20+/m1/s1. The molecule has 0 amide bonds. The highest BCUT2D eigenvalue weighted by atomic mass is 16.6. The van der Waals surface area contributed by atoms with Gasteiger partial charge in [0.15, 0.2) is 5.60 Å². The Morgan fingerprint density at radius 2 is 2.03 bits per heavy atom. The van der Waals surface area contributed by atoms with Crippen molar-refractivity contribution in [3.63, 3.8) is 0 Å². The van der Waals surface area contributed by atoms with Gasteiger partial charge in [-0.05, 0) is 25.5 Å². The Hall–Kier alpha value is -3.11. The summed E-state index contributed by atoms with van der Waals surface area (Å²) < 4.78 is 5.89. The van der Waals surface area contributed by atoms with E-state index in [0.29, 0.717) is 12.0 Å². The van der Waals surface area contributed by atoms with Crippen LogP contribution in [0.5, 0.6) is 0 Å². The predicted molar refractivity (Wildman–Crippen MR) is 102 cm³/mol. The molecule has 10 heteroatoms. The number of fused-ring (bicyclic) bond motifs is 3. The van der Waals surface area contributed by atoms with Crippen molar-refractivity contribution in [3.05, 3.63) is 67.3 Å². The van der Waals surface area contributed by atoms with Crippen LogP contribution in [0.15, 0.2) is 41.5 Å². The number of ether oxygens (including phenoxy) is 1. The molecule has 3 aliphatic heterocycles. The number of benzene rings is 1. The lowest BCUT2D eigenvalue weighted by Crippen LogP contribution is -2.48. The number of carbonyl (C=O) groups excluding carboxylic acids is 1. The molecule has 1 unspecified atom stereocenters. The molecule has 1 spiro atoms. The van der Waals surface area contributed by atoms with Gasteiger partial charge in [0.2, 0.25) is 0 Å². The zero-order chi connectivity index (χ0) is 21.2. The van der Waals surface area contributed by atoms with Crippen molar-refractivity contribution in [3.8, 4) is 0 Å².